The quantitative estimate of drug-likeness (QED) is 0.501. The van der Waals surface area contributed by atoms with E-state index in [2.05, 4.69) is 25.6 Å². The van der Waals surface area contributed by atoms with Gasteiger partial charge in [-0.05, 0) is 36.8 Å². The minimum Gasteiger partial charge on any atom is -0.384 e. The lowest BCUT2D eigenvalue weighted by Gasteiger charge is -2.46. The van der Waals surface area contributed by atoms with Gasteiger partial charge in [0.25, 0.3) is 5.91 Å². The second-order valence-electron chi connectivity index (χ2n) is 7.59. The molecule has 34 heavy (non-hydrogen) atoms. The third kappa shape index (κ3) is 5.42. The van der Waals surface area contributed by atoms with Crippen molar-refractivity contribution in [3.05, 3.63) is 71.6 Å². The maximum Gasteiger partial charge on any atom is 0.256 e. The highest BCUT2D eigenvalue weighted by atomic mass is 19.2. The SMILES string of the molecule is CC.Cc1ccc(Nc2c(C(=O)N3CC(O)(CNc4ncncn4)C3)ccc(F)c2F)c(F)c1. The van der Waals surface area contributed by atoms with Gasteiger partial charge < -0.3 is 20.6 Å². The summed E-state index contributed by atoms with van der Waals surface area (Å²) in [4.78, 5) is 25.7. The molecule has 0 spiro atoms. The lowest BCUT2D eigenvalue weighted by Crippen LogP contribution is -2.66. The van der Waals surface area contributed by atoms with Crippen molar-refractivity contribution in [2.24, 2.45) is 0 Å². The maximum atomic E-state index is 14.6. The fourth-order valence-electron chi connectivity index (χ4n) is 3.37. The van der Waals surface area contributed by atoms with E-state index in [0.29, 0.717) is 5.56 Å². The molecule has 1 aliphatic rings. The van der Waals surface area contributed by atoms with E-state index in [1.807, 2.05) is 13.8 Å². The molecular formula is C23H25F3N6O2. The molecular weight excluding hydrogens is 449 g/mol. The first-order valence-electron chi connectivity index (χ1n) is 10.6. The smallest absolute Gasteiger partial charge is 0.256 e. The number of rotatable bonds is 6. The number of halogens is 3. The van der Waals surface area contributed by atoms with E-state index in [0.717, 1.165) is 12.1 Å². The molecule has 2 aromatic carbocycles. The average molecular weight is 474 g/mol. The van der Waals surface area contributed by atoms with E-state index in [1.165, 1.54) is 29.7 Å². The third-order valence-corrected chi connectivity index (χ3v) is 5.04. The van der Waals surface area contributed by atoms with Gasteiger partial charge in [0, 0.05) is 0 Å². The van der Waals surface area contributed by atoms with Gasteiger partial charge in [-0.1, -0.05) is 19.9 Å². The Morgan fingerprint density at radius 2 is 1.76 bits per heavy atom. The molecule has 3 N–H and O–H groups in total. The van der Waals surface area contributed by atoms with Crippen molar-refractivity contribution in [2.45, 2.75) is 26.4 Å². The number of carbonyl (C=O) groups excluding carboxylic acids is 1. The van der Waals surface area contributed by atoms with E-state index in [9.17, 15) is 23.1 Å². The third-order valence-electron chi connectivity index (χ3n) is 5.04. The topological polar surface area (TPSA) is 103 Å². The summed E-state index contributed by atoms with van der Waals surface area (Å²) in [5.41, 5.74) is -1.37. The Kier molecular flexibility index (Phi) is 7.67. The summed E-state index contributed by atoms with van der Waals surface area (Å²) in [6.07, 6.45) is 2.59. The normalized spacial score (nSPS) is 13.9. The first-order chi connectivity index (χ1) is 16.3. The van der Waals surface area contributed by atoms with Gasteiger partial charge in [0.2, 0.25) is 5.95 Å². The molecule has 1 saturated heterocycles. The fourth-order valence-corrected chi connectivity index (χ4v) is 3.37. The predicted octanol–water partition coefficient (Wildman–Crippen LogP) is 3.67. The number of hydrogen-bond donors (Lipinski definition) is 3. The van der Waals surface area contributed by atoms with Crippen molar-refractivity contribution >= 4 is 23.2 Å². The van der Waals surface area contributed by atoms with E-state index >= 15 is 0 Å². The number of likely N-dealkylation sites (tertiary alicyclic amines) is 1. The van der Waals surface area contributed by atoms with Crippen LogP contribution in [0.5, 0.6) is 0 Å². The molecule has 180 valence electrons. The highest BCUT2D eigenvalue weighted by Gasteiger charge is 2.44. The van der Waals surface area contributed by atoms with Crippen LogP contribution in [0.4, 0.5) is 30.5 Å². The molecule has 1 aliphatic heterocycles. The Hall–Kier alpha value is -3.73. The summed E-state index contributed by atoms with van der Waals surface area (Å²) < 4.78 is 42.7. The van der Waals surface area contributed by atoms with Crippen LogP contribution < -0.4 is 10.6 Å². The highest BCUT2D eigenvalue weighted by molar-refractivity contribution is 6.01. The summed E-state index contributed by atoms with van der Waals surface area (Å²) >= 11 is 0. The Balaban J connectivity index is 0.00000158. The summed E-state index contributed by atoms with van der Waals surface area (Å²) in [7, 11) is 0. The number of nitrogens with one attached hydrogen (secondary N) is 2. The molecule has 0 aliphatic carbocycles. The summed E-state index contributed by atoms with van der Waals surface area (Å²) in [6.45, 7) is 5.64. The van der Waals surface area contributed by atoms with Gasteiger partial charge in [-0.2, -0.15) is 0 Å². The largest absolute Gasteiger partial charge is 0.384 e. The van der Waals surface area contributed by atoms with E-state index < -0.39 is 34.6 Å². The van der Waals surface area contributed by atoms with Crippen LogP contribution in [0, 0.1) is 24.4 Å². The minimum atomic E-state index is -1.30. The maximum absolute atomic E-state index is 14.6. The van der Waals surface area contributed by atoms with Crippen LogP contribution in [0.3, 0.4) is 0 Å². The van der Waals surface area contributed by atoms with Gasteiger partial charge in [0.05, 0.1) is 36.6 Å². The summed E-state index contributed by atoms with van der Waals surface area (Å²) in [6, 6.07) is 6.15. The Morgan fingerprint density at radius 3 is 2.41 bits per heavy atom. The Labute approximate surface area is 194 Å². The van der Waals surface area contributed by atoms with Crippen molar-refractivity contribution in [1.29, 1.82) is 0 Å². The zero-order valence-electron chi connectivity index (χ0n) is 18.9. The highest BCUT2D eigenvalue weighted by Crippen LogP contribution is 2.31. The molecule has 0 bridgehead atoms. The van der Waals surface area contributed by atoms with E-state index in [1.54, 1.807) is 13.0 Å². The number of hydrogen-bond acceptors (Lipinski definition) is 7. The van der Waals surface area contributed by atoms with Gasteiger partial charge in [-0.3, -0.25) is 4.79 Å². The van der Waals surface area contributed by atoms with Crippen LogP contribution in [0.25, 0.3) is 0 Å². The van der Waals surface area contributed by atoms with E-state index in [-0.39, 0.29) is 36.8 Å². The average Bonchev–Trinajstić information content (AvgIpc) is 2.82. The van der Waals surface area contributed by atoms with Crippen LogP contribution in [0.2, 0.25) is 0 Å². The fraction of sp³-hybridized carbons (Fsp3) is 0.304. The number of aromatic nitrogens is 3. The number of aliphatic hydroxyl groups is 1. The van der Waals surface area contributed by atoms with Crippen molar-refractivity contribution < 1.29 is 23.1 Å². The van der Waals surface area contributed by atoms with Crippen molar-refractivity contribution in [1.82, 2.24) is 19.9 Å². The van der Waals surface area contributed by atoms with Crippen molar-refractivity contribution in [3.63, 3.8) is 0 Å². The summed E-state index contributed by atoms with van der Waals surface area (Å²) in [5.74, 6) is -3.52. The monoisotopic (exact) mass is 474 g/mol. The number of nitrogens with zero attached hydrogens (tertiary/aromatic N) is 4. The van der Waals surface area contributed by atoms with E-state index in [4.69, 9.17) is 0 Å². The molecule has 0 radical (unpaired) electrons. The van der Waals surface area contributed by atoms with Crippen molar-refractivity contribution in [2.75, 3.05) is 30.3 Å². The zero-order chi connectivity index (χ0) is 24.9. The second-order valence-corrected chi connectivity index (χ2v) is 7.59. The standard InChI is InChI=1S/C21H19F3N6O2.C2H6/c1-12-2-5-16(15(23)6-12)29-18-13(3-4-14(22)17(18)24)19(31)30-8-21(32,9-30)7-26-20-27-10-25-11-28-20;1-2/h2-6,10-11,29,32H,7-9H2,1H3,(H,25,26,27,28);1-2H3. The van der Waals surface area contributed by atoms with Gasteiger partial charge in [-0.15, -0.1) is 0 Å². The molecule has 0 saturated carbocycles. The first-order valence-corrected chi connectivity index (χ1v) is 10.6. The first kappa shape index (κ1) is 24.9. The molecule has 1 fully saturated rings. The number of carbonyl (C=O) groups is 1. The van der Waals surface area contributed by atoms with Crippen molar-refractivity contribution in [3.8, 4) is 0 Å². The van der Waals surface area contributed by atoms with Gasteiger partial charge in [0.15, 0.2) is 11.6 Å². The molecule has 3 aromatic rings. The number of anilines is 3. The molecule has 0 unspecified atom stereocenters. The molecule has 0 atom stereocenters. The molecule has 8 nitrogen and oxygen atoms in total. The molecule has 2 heterocycles. The molecule has 1 amide bonds. The number of benzene rings is 2. The Morgan fingerprint density at radius 1 is 1.09 bits per heavy atom. The van der Waals surface area contributed by atoms with Crippen LogP contribution >= 0.6 is 0 Å². The molecule has 1 aromatic heterocycles. The van der Waals surface area contributed by atoms with Crippen LogP contribution in [-0.4, -0.2) is 56.1 Å². The summed E-state index contributed by atoms with van der Waals surface area (Å²) in [5, 5.41) is 15.9. The Bertz CT molecular complexity index is 1160. The minimum absolute atomic E-state index is 0.0543. The molecule has 4 rings (SSSR count). The van der Waals surface area contributed by atoms with Crippen LogP contribution in [0.1, 0.15) is 29.8 Å². The second kappa shape index (κ2) is 10.5. The zero-order valence-corrected chi connectivity index (χ0v) is 18.9. The van der Waals surface area contributed by atoms with Crippen LogP contribution in [-0.2, 0) is 0 Å². The van der Waals surface area contributed by atoms with Gasteiger partial charge in [-0.25, -0.2) is 28.1 Å². The number of amides is 1. The predicted molar refractivity (Wildman–Crippen MR) is 121 cm³/mol. The number of aryl methyl sites for hydroxylation is 1. The lowest BCUT2D eigenvalue weighted by atomic mass is 9.93. The van der Waals surface area contributed by atoms with Crippen LogP contribution in [0.15, 0.2) is 43.0 Å². The van der Waals surface area contributed by atoms with Gasteiger partial charge in [0.1, 0.15) is 24.1 Å². The molecule has 11 heteroatoms. The lowest BCUT2D eigenvalue weighted by molar-refractivity contribution is -0.0707. The number of β-amino-alcohol motifs (C(OH)–C–C–N with tert-alkyl or cyclic N) is 1. The van der Waals surface area contributed by atoms with Gasteiger partial charge >= 0.3 is 0 Å².